The predicted molar refractivity (Wildman–Crippen MR) is 114 cm³/mol. The number of hydrogen-bond donors (Lipinski definition) is 1. The Morgan fingerprint density at radius 2 is 1.48 bits per heavy atom. The summed E-state index contributed by atoms with van der Waals surface area (Å²) in [5, 5.41) is 9.63. The molecule has 0 radical (unpaired) electrons. The van der Waals surface area contributed by atoms with Crippen LogP contribution in [0.25, 0.3) is 0 Å². The lowest BCUT2D eigenvalue weighted by molar-refractivity contribution is -0.138. The number of ether oxygens (including phenoxy) is 2. The van der Waals surface area contributed by atoms with Gasteiger partial charge in [0.05, 0.1) is 5.92 Å². The highest BCUT2D eigenvalue weighted by molar-refractivity contribution is 5.76. The number of benzene rings is 3. The van der Waals surface area contributed by atoms with E-state index in [1.54, 1.807) is 0 Å². The minimum atomic E-state index is -0.829. The summed E-state index contributed by atoms with van der Waals surface area (Å²) in [6.45, 7) is 4.94. The summed E-state index contributed by atoms with van der Waals surface area (Å²) in [5.41, 5.74) is 4.06. The number of aliphatic carboxylic acids is 1. The topological polar surface area (TPSA) is 55.8 Å². The van der Waals surface area contributed by atoms with Crippen molar-refractivity contribution in [3.63, 3.8) is 0 Å². The highest BCUT2D eigenvalue weighted by Crippen LogP contribution is 2.23. The van der Waals surface area contributed by atoms with Crippen LogP contribution < -0.4 is 9.47 Å². The third kappa shape index (κ3) is 6.11. The van der Waals surface area contributed by atoms with Crippen molar-refractivity contribution in [3.05, 3.63) is 95.1 Å². The monoisotopic (exact) mass is 390 g/mol. The van der Waals surface area contributed by atoms with Crippen LogP contribution in [0.2, 0.25) is 0 Å². The maximum atomic E-state index is 11.7. The molecule has 0 saturated heterocycles. The van der Waals surface area contributed by atoms with E-state index in [2.05, 4.69) is 6.07 Å². The van der Waals surface area contributed by atoms with Crippen molar-refractivity contribution >= 4 is 5.97 Å². The largest absolute Gasteiger partial charge is 0.490 e. The molecule has 3 rings (SSSR count). The van der Waals surface area contributed by atoms with E-state index < -0.39 is 11.9 Å². The van der Waals surface area contributed by atoms with Crippen molar-refractivity contribution in [3.8, 4) is 11.5 Å². The Balaban J connectivity index is 1.57. The van der Waals surface area contributed by atoms with Crippen LogP contribution in [0.3, 0.4) is 0 Å². The number of hydrogen-bond acceptors (Lipinski definition) is 3. The Morgan fingerprint density at radius 3 is 2.14 bits per heavy atom. The van der Waals surface area contributed by atoms with E-state index in [0.29, 0.717) is 25.4 Å². The molecule has 29 heavy (non-hydrogen) atoms. The Bertz CT molecular complexity index is 930. The van der Waals surface area contributed by atoms with Gasteiger partial charge in [0, 0.05) is 0 Å². The van der Waals surface area contributed by atoms with Gasteiger partial charge in [-0.2, -0.15) is 0 Å². The summed E-state index contributed by atoms with van der Waals surface area (Å²) in [4.78, 5) is 11.7. The Hall–Kier alpha value is -3.27. The third-order valence-corrected chi connectivity index (χ3v) is 4.65. The van der Waals surface area contributed by atoms with E-state index in [4.69, 9.17) is 9.47 Å². The zero-order valence-corrected chi connectivity index (χ0v) is 16.8. The van der Waals surface area contributed by atoms with Gasteiger partial charge >= 0.3 is 5.97 Å². The molecule has 1 atom stereocenters. The molecule has 3 aromatic rings. The average Bonchev–Trinajstić information content (AvgIpc) is 2.69. The van der Waals surface area contributed by atoms with Crippen LogP contribution in [0.1, 0.15) is 28.2 Å². The molecule has 0 bridgehead atoms. The van der Waals surface area contributed by atoms with Gasteiger partial charge < -0.3 is 14.6 Å². The van der Waals surface area contributed by atoms with Gasteiger partial charge in [-0.25, -0.2) is 0 Å². The number of aryl methyl sites for hydroxylation is 2. The smallest absolute Gasteiger partial charge is 0.311 e. The van der Waals surface area contributed by atoms with E-state index in [1.807, 2.05) is 80.6 Å². The van der Waals surface area contributed by atoms with Crippen LogP contribution in [0.5, 0.6) is 11.5 Å². The minimum absolute atomic E-state index is 0.412. The van der Waals surface area contributed by atoms with Crippen molar-refractivity contribution in [2.75, 3.05) is 13.2 Å². The SMILES string of the molecule is Cc1cc(C)cc(OCCOc2cccc(CC(C(=O)O)c3ccccc3)c2)c1. The summed E-state index contributed by atoms with van der Waals surface area (Å²) < 4.78 is 11.6. The van der Waals surface area contributed by atoms with Gasteiger partial charge in [-0.05, 0) is 66.8 Å². The van der Waals surface area contributed by atoms with Crippen LogP contribution in [0.15, 0.2) is 72.8 Å². The first-order valence-electron chi connectivity index (χ1n) is 9.72. The van der Waals surface area contributed by atoms with E-state index in [0.717, 1.165) is 16.9 Å². The third-order valence-electron chi connectivity index (χ3n) is 4.65. The van der Waals surface area contributed by atoms with E-state index in [-0.39, 0.29) is 0 Å². The summed E-state index contributed by atoms with van der Waals surface area (Å²) in [6.07, 6.45) is 0.412. The van der Waals surface area contributed by atoms with Gasteiger partial charge in [0.25, 0.3) is 0 Å². The number of carboxylic acid groups (broad SMARTS) is 1. The van der Waals surface area contributed by atoms with Gasteiger partial charge in [0.15, 0.2) is 0 Å². The first-order valence-corrected chi connectivity index (χ1v) is 9.72. The standard InChI is InChI=1S/C25H26O4/c1-18-13-19(2)15-23(14-18)29-12-11-28-22-10-6-7-20(16-22)17-24(25(26)27)21-8-4-3-5-9-21/h3-10,13-16,24H,11-12,17H2,1-2H3,(H,26,27). The molecule has 0 aliphatic rings. The maximum absolute atomic E-state index is 11.7. The quantitative estimate of drug-likeness (QED) is 0.512. The van der Waals surface area contributed by atoms with Crippen LogP contribution in [0.4, 0.5) is 0 Å². The molecule has 0 aromatic heterocycles. The number of carboxylic acids is 1. The maximum Gasteiger partial charge on any atom is 0.311 e. The molecule has 4 nitrogen and oxygen atoms in total. The van der Waals surface area contributed by atoms with Crippen LogP contribution in [0, 0.1) is 13.8 Å². The van der Waals surface area contributed by atoms with Gasteiger partial charge in [-0.3, -0.25) is 4.79 Å². The Kier molecular flexibility index (Phi) is 6.90. The van der Waals surface area contributed by atoms with Gasteiger partial charge in [0.1, 0.15) is 24.7 Å². The Labute approximate surface area is 171 Å². The minimum Gasteiger partial charge on any atom is -0.490 e. The zero-order valence-electron chi connectivity index (χ0n) is 16.8. The highest BCUT2D eigenvalue weighted by Gasteiger charge is 2.20. The first-order chi connectivity index (χ1) is 14.0. The fraction of sp³-hybridized carbons (Fsp3) is 0.240. The first kappa shape index (κ1) is 20.5. The van der Waals surface area contributed by atoms with Crippen molar-refractivity contribution in [2.45, 2.75) is 26.2 Å². The van der Waals surface area contributed by atoms with Crippen molar-refractivity contribution < 1.29 is 19.4 Å². The molecule has 1 N–H and O–H groups in total. The lowest BCUT2D eigenvalue weighted by atomic mass is 9.92. The summed E-state index contributed by atoms with van der Waals surface area (Å²) in [6, 6.07) is 23.0. The number of rotatable bonds is 9. The van der Waals surface area contributed by atoms with Crippen molar-refractivity contribution in [2.24, 2.45) is 0 Å². The normalized spacial score (nSPS) is 11.7. The lowest BCUT2D eigenvalue weighted by Crippen LogP contribution is -2.14. The molecule has 0 aliphatic carbocycles. The van der Waals surface area contributed by atoms with E-state index >= 15 is 0 Å². The summed E-state index contributed by atoms with van der Waals surface area (Å²) in [5.74, 6) is 0.138. The fourth-order valence-corrected chi connectivity index (χ4v) is 3.37. The second-order valence-electron chi connectivity index (χ2n) is 7.17. The molecule has 3 aromatic carbocycles. The molecule has 0 fully saturated rings. The molecule has 0 saturated carbocycles. The second-order valence-corrected chi connectivity index (χ2v) is 7.17. The molecule has 0 spiro atoms. The fourth-order valence-electron chi connectivity index (χ4n) is 3.37. The lowest BCUT2D eigenvalue weighted by Gasteiger charge is -2.14. The van der Waals surface area contributed by atoms with Gasteiger partial charge in [-0.1, -0.05) is 48.5 Å². The summed E-state index contributed by atoms with van der Waals surface area (Å²) in [7, 11) is 0. The average molecular weight is 390 g/mol. The molecule has 0 aliphatic heterocycles. The van der Waals surface area contributed by atoms with E-state index in [1.165, 1.54) is 11.1 Å². The predicted octanol–water partition coefficient (Wildman–Crippen LogP) is 5.17. The Morgan fingerprint density at radius 1 is 0.828 bits per heavy atom. The molecule has 4 heteroatoms. The number of carbonyl (C=O) groups is 1. The van der Waals surface area contributed by atoms with Crippen LogP contribution in [-0.4, -0.2) is 24.3 Å². The second kappa shape index (κ2) is 9.78. The molecule has 150 valence electrons. The molecule has 0 heterocycles. The van der Waals surface area contributed by atoms with Crippen molar-refractivity contribution in [1.82, 2.24) is 0 Å². The van der Waals surface area contributed by atoms with Gasteiger partial charge in [-0.15, -0.1) is 0 Å². The van der Waals surface area contributed by atoms with E-state index in [9.17, 15) is 9.90 Å². The summed E-state index contributed by atoms with van der Waals surface area (Å²) >= 11 is 0. The highest BCUT2D eigenvalue weighted by atomic mass is 16.5. The molecular weight excluding hydrogens is 364 g/mol. The van der Waals surface area contributed by atoms with Gasteiger partial charge in [0.2, 0.25) is 0 Å². The molecule has 1 unspecified atom stereocenters. The molecular formula is C25H26O4. The molecule has 0 amide bonds. The van der Waals surface area contributed by atoms with Crippen LogP contribution >= 0.6 is 0 Å². The zero-order chi connectivity index (χ0) is 20.6. The van der Waals surface area contributed by atoms with Crippen molar-refractivity contribution in [1.29, 1.82) is 0 Å². The van der Waals surface area contributed by atoms with Crippen LogP contribution in [-0.2, 0) is 11.2 Å².